The molecule has 0 spiro atoms. The number of ketones is 1. The van der Waals surface area contributed by atoms with E-state index in [1.54, 1.807) is 36.3 Å². The summed E-state index contributed by atoms with van der Waals surface area (Å²) in [7, 11) is 1.56. The van der Waals surface area contributed by atoms with Crippen LogP contribution in [0.3, 0.4) is 0 Å². The molecule has 2 aromatic rings. The summed E-state index contributed by atoms with van der Waals surface area (Å²) >= 11 is 3.47. The van der Waals surface area contributed by atoms with Crippen LogP contribution in [-0.4, -0.2) is 59.9 Å². The van der Waals surface area contributed by atoms with Gasteiger partial charge in [-0.15, -0.1) is 0 Å². The van der Waals surface area contributed by atoms with Crippen molar-refractivity contribution >= 4 is 33.4 Å². The number of halogens is 1. The van der Waals surface area contributed by atoms with Crippen LogP contribution in [-0.2, 0) is 9.59 Å². The third-order valence-electron chi connectivity index (χ3n) is 5.62. The summed E-state index contributed by atoms with van der Waals surface area (Å²) in [5.74, 6) is -0.805. The normalized spacial score (nSPS) is 18.1. The van der Waals surface area contributed by atoms with Crippen molar-refractivity contribution in [3.8, 4) is 5.75 Å². The predicted octanol–water partition coefficient (Wildman–Crippen LogP) is 4.22. The molecule has 0 aromatic heterocycles. The van der Waals surface area contributed by atoms with E-state index in [-0.39, 0.29) is 11.3 Å². The predicted molar refractivity (Wildman–Crippen MR) is 124 cm³/mol. The first-order valence-electron chi connectivity index (χ1n) is 10.3. The second kappa shape index (κ2) is 10.1. The van der Waals surface area contributed by atoms with Gasteiger partial charge in [0.2, 0.25) is 0 Å². The third kappa shape index (κ3) is 4.83. The molecule has 1 amide bonds. The molecule has 0 radical (unpaired) electrons. The zero-order chi connectivity index (χ0) is 22.5. The maximum atomic E-state index is 13.0. The maximum Gasteiger partial charge on any atom is 0.295 e. The molecule has 3 rings (SSSR count). The minimum Gasteiger partial charge on any atom is -0.507 e. The molecule has 1 unspecified atom stereocenters. The van der Waals surface area contributed by atoms with Crippen molar-refractivity contribution in [3.63, 3.8) is 0 Å². The minimum absolute atomic E-state index is 0.104. The molecule has 6 nitrogen and oxygen atoms in total. The molecule has 1 saturated heterocycles. The molecule has 0 bridgehead atoms. The summed E-state index contributed by atoms with van der Waals surface area (Å²) in [5, 5.41) is 11.1. The smallest absolute Gasteiger partial charge is 0.295 e. The number of aliphatic hydroxyl groups excluding tert-OH is 1. The molecule has 7 heteroatoms. The van der Waals surface area contributed by atoms with Crippen LogP contribution < -0.4 is 4.74 Å². The van der Waals surface area contributed by atoms with Crippen molar-refractivity contribution in [2.75, 3.05) is 33.3 Å². The lowest BCUT2D eigenvalue weighted by Gasteiger charge is -2.28. The number of ether oxygens (including phenoxy) is 1. The number of aliphatic hydroxyl groups is 1. The van der Waals surface area contributed by atoms with E-state index in [1.165, 1.54) is 0 Å². The molecule has 31 heavy (non-hydrogen) atoms. The molecule has 1 N–H and O–H groups in total. The first-order valence-corrected chi connectivity index (χ1v) is 11.1. The van der Waals surface area contributed by atoms with Gasteiger partial charge in [0.15, 0.2) is 0 Å². The molecule has 1 atom stereocenters. The topological polar surface area (TPSA) is 70.1 Å². The minimum atomic E-state index is -0.669. The number of amides is 1. The van der Waals surface area contributed by atoms with Crippen LogP contribution in [0.15, 0.2) is 58.6 Å². The lowest BCUT2D eigenvalue weighted by molar-refractivity contribution is -0.140. The first kappa shape index (κ1) is 23.0. The zero-order valence-electron chi connectivity index (χ0n) is 18.0. The number of methoxy groups -OCH3 is 1. The molecule has 1 heterocycles. The van der Waals surface area contributed by atoms with Crippen molar-refractivity contribution < 1.29 is 19.4 Å². The zero-order valence-corrected chi connectivity index (χ0v) is 19.6. The van der Waals surface area contributed by atoms with E-state index >= 15 is 0 Å². The average Bonchev–Trinajstić information content (AvgIpc) is 3.04. The van der Waals surface area contributed by atoms with Gasteiger partial charge in [-0.1, -0.05) is 41.9 Å². The fourth-order valence-electron chi connectivity index (χ4n) is 3.83. The van der Waals surface area contributed by atoms with Gasteiger partial charge in [0.25, 0.3) is 11.7 Å². The Morgan fingerprint density at radius 3 is 2.39 bits per heavy atom. The van der Waals surface area contributed by atoms with E-state index in [2.05, 4.69) is 34.7 Å². The molecular formula is C24H27BrN2O4. The Bertz CT molecular complexity index is 983. The van der Waals surface area contributed by atoms with Crippen LogP contribution in [0.1, 0.15) is 31.0 Å². The van der Waals surface area contributed by atoms with Crippen LogP contribution in [0.25, 0.3) is 5.76 Å². The number of hydrogen-bond donors (Lipinski definition) is 1. The van der Waals surface area contributed by atoms with Gasteiger partial charge in [-0.3, -0.25) is 9.59 Å². The van der Waals surface area contributed by atoms with Crippen LogP contribution in [0.5, 0.6) is 5.75 Å². The third-order valence-corrected chi connectivity index (χ3v) is 6.11. The number of Topliss-reactive ketones (excluding diaryl/α,β-unsaturated/α-hetero) is 1. The van der Waals surface area contributed by atoms with Crippen LogP contribution in [0.4, 0.5) is 0 Å². The van der Waals surface area contributed by atoms with Crippen LogP contribution in [0.2, 0.25) is 0 Å². The fraction of sp³-hybridized carbons (Fsp3) is 0.333. The number of hydrogen-bond acceptors (Lipinski definition) is 5. The number of rotatable bonds is 8. The largest absolute Gasteiger partial charge is 0.507 e. The Hall–Kier alpha value is -2.64. The Labute approximate surface area is 191 Å². The summed E-state index contributed by atoms with van der Waals surface area (Å²) in [6, 6.07) is 13.6. The van der Waals surface area contributed by atoms with Gasteiger partial charge in [-0.25, -0.2) is 0 Å². The van der Waals surface area contributed by atoms with E-state index in [9.17, 15) is 14.7 Å². The van der Waals surface area contributed by atoms with Gasteiger partial charge in [-0.2, -0.15) is 0 Å². The van der Waals surface area contributed by atoms with E-state index < -0.39 is 17.7 Å². The highest BCUT2D eigenvalue weighted by atomic mass is 79.9. The number of carbonyl (C=O) groups excluding carboxylic acids is 2. The second-order valence-electron chi connectivity index (χ2n) is 7.30. The molecule has 0 aliphatic carbocycles. The van der Waals surface area contributed by atoms with E-state index in [0.29, 0.717) is 24.4 Å². The van der Waals surface area contributed by atoms with Gasteiger partial charge in [0.1, 0.15) is 11.5 Å². The Morgan fingerprint density at radius 2 is 1.81 bits per heavy atom. The van der Waals surface area contributed by atoms with Crippen molar-refractivity contribution in [3.05, 3.63) is 69.7 Å². The van der Waals surface area contributed by atoms with E-state index in [0.717, 1.165) is 23.1 Å². The van der Waals surface area contributed by atoms with Gasteiger partial charge in [0, 0.05) is 23.1 Å². The van der Waals surface area contributed by atoms with Crippen LogP contribution in [0, 0.1) is 0 Å². The van der Waals surface area contributed by atoms with Gasteiger partial charge < -0.3 is 19.6 Å². The Kier molecular flexibility index (Phi) is 7.51. The SMILES string of the molecule is CCN(CC)CCN1C(=O)C(=O)/C(=C(\O)c2ccc(OC)cc2)C1c1cccc(Br)c1. The van der Waals surface area contributed by atoms with Crippen LogP contribution >= 0.6 is 15.9 Å². The molecule has 1 fully saturated rings. The summed E-state index contributed by atoms with van der Waals surface area (Å²) in [6.07, 6.45) is 0. The molecular weight excluding hydrogens is 460 g/mol. The molecule has 164 valence electrons. The second-order valence-corrected chi connectivity index (χ2v) is 8.22. The standard InChI is InChI=1S/C24H27BrN2O4/c1-4-26(5-2)13-14-27-21(17-7-6-8-18(25)15-17)20(23(29)24(27)30)22(28)16-9-11-19(31-3)12-10-16/h6-12,15,21,28H,4-5,13-14H2,1-3H3/b22-20-. The highest BCUT2D eigenvalue weighted by molar-refractivity contribution is 9.10. The number of carbonyl (C=O) groups is 2. The summed E-state index contributed by atoms with van der Waals surface area (Å²) in [5.41, 5.74) is 1.33. The van der Waals surface area contributed by atoms with Gasteiger partial charge >= 0.3 is 0 Å². The summed E-state index contributed by atoms with van der Waals surface area (Å²) < 4.78 is 6.01. The number of benzene rings is 2. The molecule has 2 aromatic carbocycles. The van der Waals surface area contributed by atoms with Gasteiger partial charge in [0.05, 0.1) is 18.7 Å². The Morgan fingerprint density at radius 1 is 1.13 bits per heavy atom. The lowest BCUT2D eigenvalue weighted by Crippen LogP contribution is -2.38. The molecule has 1 aliphatic rings. The van der Waals surface area contributed by atoms with Crippen molar-refractivity contribution in [1.82, 2.24) is 9.80 Å². The highest BCUT2D eigenvalue weighted by Crippen LogP contribution is 2.40. The van der Waals surface area contributed by atoms with Crippen molar-refractivity contribution in [2.24, 2.45) is 0 Å². The summed E-state index contributed by atoms with van der Waals surface area (Å²) in [4.78, 5) is 29.8. The van der Waals surface area contributed by atoms with E-state index in [4.69, 9.17) is 4.74 Å². The monoisotopic (exact) mass is 486 g/mol. The number of likely N-dealkylation sites (N-methyl/N-ethyl adjacent to an activating group) is 1. The quantitative estimate of drug-likeness (QED) is 0.343. The molecule has 0 saturated carbocycles. The number of likely N-dealkylation sites (tertiary alicyclic amines) is 1. The van der Waals surface area contributed by atoms with Crippen molar-refractivity contribution in [1.29, 1.82) is 0 Å². The fourth-order valence-corrected chi connectivity index (χ4v) is 4.24. The summed E-state index contributed by atoms with van der Waals surface area (Å²) in [6.45, 7) is 6.87. The number of nitrogens with zero attached hydrogens (tertiary/aromatic N) is 2. The van der Waals surface area contributed by atoms with Gasteiger partial charge in [-0.05, 0) is 55.1 Å². The maximum absolute atomic E-state index is 13.0. The first-order chi connectivity index (χ1) is 14.9. The van der Waals surface area contributed by atoms with Crippen molar-refractivity contribution in [2.45, 2.75) is 19.9 Å². The lowest BCUT2D eigenvalue weighted by atomic mass is 9.95. The van der Waals surface area contributed by atoms with E-state index in [1.807, 2.05) is 24.3 Å². The molecule has 1 aliphatic heterocycles. The Balaban J connectivity index is 2.08. The highest BCUT2D eigenvalue weighted by Gasteiger charge is 2.46. The average molecular weight is 487 g/mol.